The van der Waals surface area contributed by atoms with E-state index in [4.69, 9.17) is 18.6 Å². The molecule has 4 fully saturated rings. The van der Waals surface area contributed by atoms with E-state index in [1.165, 1.54) is 6.92 Å². The Balaban J connectivity index is 1.54. The first-order valence-electron chi connectivity index (χ1n) is 13.5. The molecule has 0 aromatic carbocycles. The van der Waals surface area contributed by atoms with Gasteiger partial charge in [-0.1, -0.05) is 34.6 Å². The van der Waals surface area contributed by atoms with E-state index >= 15 is 0 Å². The predicted octanol–water partition coefficient (Wildman–Crippen LogP) is 5.43. The van der Waals surface area contributed by atoms with Gasteiger partial charge in [-0.05, 0) is 56.7 Å². The van der Waals surface area contributed by atoms with E-state index in [9.17, 15) is 9.90 Å². The summed E-state index contributed by atoms with van der Waals surface area (Å²) >= 11 is 0. The topological polar surface area (TPSA) is 74.2 Å². The molecular formula is C27H48O6Si. The molecule has 1 heterocycles. The van der Waals surface area contributed by atoms with Crippen molar-refractivity contribution in [2.75, 3.05) is 13.2 Å². The molecule has 4 rings (SSSR count). The van der Waals surface area contributed by atoms with Gasteiger partial charge in [-0.15, -0.1) is 0 Å². The molecule has 1 saturated heterocycles. The first kappa shape index (κ1) is 26.6. The second-order valence-electron chi connectivity index (χ2n) is 13.5. The van der Waals surface area contributed by atoms with E-state index < -0.39 is 20.2 Å². The number of hydrogen-bond acceptors (Lipinski definition) is 6. The van der Waals surface area contributed by atoms with Crippen LogP contribution in [-0.4, -0.2) is 56.7 Å². The van der Waals surface area contributed by atoms with Gasteiger partial charge < -0.3 is 23.7 Å². The minimum absolute atomic E-state index is 0.0973. The Morgan fingerprint density at radius 2 is 1.62 bits per heavy atom. The predicted molar refractivity (Wildman–Crippen MR) is 134 cm³/mol. The van der Waals surface area contributed by atoms with Crippen molar-refractivity contribution in [1.82, 2.24) is 0 Å². The van der Waals surface area contributed by atoms with Crippen molar-refractivity contribution in [2.45, 2.75) is 129 Å². The highest BCUT2D eigenvalue weighted by Crippen LogP contribution is 2.65. The number of ether oxygens (including phenoxy) is 3. The molecule has 1 aliphatic heterocycles. The fraction of sp³-hybridized carbons (Fsp3) is 0.963. The van der Waals surface area contributed by atoms with Gasteiger partial charge in [-0.25, -0.2) is 0 Å². The summed E-state index contributed by atoms with van der Waals surface area (Å²) in [6.45, 7) is 18.6. The molecule has 4 aliphatic rings. The highest BCUT2D eigenvalue weighted by Gasteiger charge is 2.67. The van der Waals surface area contributed by atoms with E-state index in [1.807, 2.05) is 0 Å². The molecule has 196 valence electrons. The molecule has 3 aliphatic carbocycles. The molecule has 7 heteroatoms. The van der Waals surface area contributed by atoms with Gasteiger partial charge in [0.25, 0.3) is 0 Å². The zero-order chi connectivity index (χ0) is 25.2. The number of aliphatic hydroxyl groups is 1. The number of fused-ring (bicyclic) bond motifs is 2. The highest BCUT2D eigenvalue weighted by atomic mass is 28.4. The van der Waals surface area contributed by atoms with Crippen LogP contribution in [0.3, 0.4) is 0 Å². The maximum Gasteiger partial charge on any atom is 0.302 e. The van der Waals surface area contributed by atoms with E-state index in [2.05, 4.69) is 47.7 Å². The lowest BCUT2D eigenvalue weighted by molar-refractivity contribution is -0.254. The number of aliphatic hydroxyl groups excluding tert-OH is 1. The molecule has 0 amide bonds. The second kappa shape index (κ2) is 8.82. The van der Waals surface area contributed by atoms with Crippen LogP contribution >= 0.6 is 0 Å². The van der Waals surface area contributed by atoms with Crippen molar-refractivity contribution in [3.63, 3.8) is 0 Å². The summed E-state index contributed by atoms with van der Waals surface area (Å²) in [5.41, 5.74) is -0.480. The molecule has 3 unspecified atom stereocenters. The zero-order valence-corrected chi connectivity index (χ0v) is 23.7. The molecular weight excluding hydrogens is 448 g/mol. The van der Waals surface area contributed by atoms with Gasteiger partial charge in [0.1, 0.15) is 6.10 Å². The van der Waals surface area contributed by atoms with E-state index in [-0.39, 0.29) is 45.9 Å². The molecule has 0 aromatic heterocycles. The van der Waals surface area contributed by atoms with Crippen LogP contribution in [-0.2, 0) is 23.4 Å². The first-order valence-corrected chi connectivity index (χ1v) is 16.4. The smallest absolute Gasteiger partial charge is 0.302 e. The summed E-state index contributed by atoms with van der Waals surface area (Å²) in [6, 6.07) is 0. The van der Waals surface area contributed by atoms with E-state index in [0.717, 1.165) is 38.5 Å². The molecule has 1 N–H and O–H groups in total. The van der Waals surface area contributed by atoms with Crippen molar-refractivity contribution in [3.05, 3.63) is 0 Å². The summed E-state index contributed by atoms with van der Waals surface area (Å²) in [7, 11) is -1.90. The van der Waals surface area contributed by atoms with Crippen LogP contribution in [0, 0.1) is 22.7 Å². The Hall–Kier alpha value is -0.473. The summed E-state index contributed by atoms with van der Waals surface area (Å²) in [5.74, 6) is -0.482. The number of carbonyl (C=O) groups excluding carboxylic acids is 1. The summed E-state index contributed by atoms with van der Waals surface area (Å²) in [6.07, 6.45) is 5.53. The summed E-state index contributed by atoms with van der Waals surface area (Å²) in [5, 5.41) is 11.7. The fourth-order valence-electron chi connectivity index (χ4n) is 7.43. The van der Waals surface area contributed by atoms with Gasteiger partial charge in [-0.3, -0.25) is 4.79 Å². The Morgan fingerprint density at radius 3 is 2.18 bits per heavy atom. The quantitative estimate of drug-likeness (QED) is 0.413. The Labute approximate surface area is 207 Å². The number of carbonyl (C=O) groups is 1. The maximum atomic E-state index is 12.3. The number of rotatable bonds is 4. The van der Waals surface area contributed by atoms with Crippen LogP contribution in [0.2, 0.25) is 18.1 Å². The SMILES string of the molecule is CC(=O)OC1C2CCC3(OCCO3)[C@@]2(C)CCC1[C@@]1(C)CC[C@H](O[Si](C)(C)C(C)(C)C)C[C@@H]1O. The Morgan fingerprint density at radius 1 is 1.00 bits per heavy atom. The Bertz CT molecular complexity index is 772. The average molecular weight is 497 g/mol. The normalized spacial score (nSPS) is 42.6. The van der Waals surface area contributed by atoms with Gasteiger partial charge >= 0.3 is 5.97 Å². The minimum Gasteiger partial charge on any atom is -0.462 e. The molecule has 7 atom stereocenters. The van der Waals surface area contributed by atoms with Gasteiger partial charge in [0.15, 0.2) is 14.1 Å². The summed E-state index contributed by atoms with van der Waals surface area (Å²) < 4.78 is 25.2. The standard InChI is InChI=1S/C27H48O6Si/c1-18(28)32-23-20(10-13-26(6)21(23)11-14-27(26)30-15-16-31-27)25(5)12-9-19(17-22(25)29)33-34(7,8)24(2,3)4/h19-23,29H,9-17H2,1-8H3/t19-,20?,21?,22-,23?,25+,26-/m0/s1. The second-order valence-corrected chi connectivity index (χ2v) is 18.3. The van der Waals surface area contributed by atoms with Crippen LogP contribution in [0.1, 0.15) is 86.5 Å². The van der Waals surface area contributed by atoms with Gasteiger partial charge in [-0.2, -0.15) is 0 Å². The summed E-state index contributed by atoms with van der Waals surface area (Å²) in [4.78, 5) is 12.3. The van der Waals surface area contributed by atoms with Crippen LogP contribution < -0.4 is 0 Å². The minimum atomic E-state index is -1.90. The highest BCUT2D eigenvalue weighted by molar-refractivity contribution is 6.74. The van der Waals surface area contributed by atoms with Crippen LogP contribution in [0.15, 0.2) is 0 Å². The lowest BCUT2D eigenvalue weighted by atomic mass is 9.53. The lowest BCUT2D eigenvalue weighted by Crippen LogP contribution is -2.59. The lowest BCUT2D eigenvalue weighted by Gasteiger charge is -2.56. The van der Waals surface area contributed by atoms with Crippen LogP contribution in [0.5, 0.6) is 0 Å². The van der Waals surface area contributed by atoms with Gasteiger partial charge in [0.2, 0.25) is 0 Å². The van der Waals surface area contributed by atoms with E-state index in [0.29, 0.717) is 19.6 Å². The third-order valence-corrected chi connectivity index (χ3v) is 15.2. The molecule has 1 spiro atoms. The van der Waals surface area contributed by atoms with Crippen LogP contribution in [0.4, 0.5) is 0 Å². The zero-order valence-electron chi connectivity index (χ0n) is 22.7. The van der Waals surface area contributed by atoms with Crippen LogP contribution in [0.25, 0.3) is 0 Å². The molecule has 0 radical (unpaired) electrons. The molecule has 34 heavy (non-hydrogen) atoms. The third-order valence-electron chi connectivity index (χ3n) is 10.7. The van der Waals surface area contributed by atoms with Gasteiger partial charge in [0, 0.05) is 42.1 Å². The number of hydrogen-bond donors (Lipinski definition) is 1. The van der Waals surface area contributed by atoms with E-state index in [1.54, 1.807) is 0 Å². The van der Waals surface area contributed by atoms with Gasteiger partial charge in [0.05, 0.1) is 19.3 Å². The Kier molecular flexibility index (Phi) is 6.90. The van der Waals surface area contributed by atoms with Crippen molar-refractivity contribution in [3.8, 4) is 0 Å². The fourth-order valence-corrected chi connectivity index (χ4v) is 8.83. The van der Waals surface area contributed by atoms with Crippen molar-refractivity contribution in [2.24, 2.45) is 22.7 Å². The average Bonchev–Trinajstić information content (AvgIpc) is 3.30. The monoisotopic (exact) mass is 496 g/mol. The molecule has 0 aromatic rings. The first-order chi connectivity index (χ1) is 15.7. The molecule has 0 bridgehead atoms. The molecule has 3 saturated carbocycles. The maximum absolute atomic E-state index is 12.3. The van der Waals surface area contributed by atoms with Crippen molar-refractivity contribution >= 4 is 14.3 Å². The number of esters is 1. The van der Waals surface area contributed by atoms with Crippen molar-refractivity contribution < 1.29 is 28.5 Å². The largest absolute Gasteiger partial charge is 0.462 e. The van der Waals surface area contributed by atoms with Crippen molar-refractivity contribution in [1.29, 1.82) is 0 Å². The molecule has 6 nitrogen and oxygen atoms in total. The third kappa shape index (κ3) is 4.21.